The van der Waals surface area contributed by atoms with Crippen LogP contribution in [0.2, 0.25) is 0 Å². The third-order valence-electron chi connectivity index (χ3n) is 4.86. The number of nitrogens with one attached hydrogen (secondary N) is 1. The second kappa shape index (κ2) is 6.87. The summed E-state index contributed by atoms with van der Waals surface area (Å²) in [6.45, 7) is 0. The molecule has 1 aromatic heterocycles. The van der Waals surface area contributed by atoms with Crippen molar-refractivity contribution in [1.82, 2.24) is 9.55 Å². The highest BCUT2D eigenvalue weighted by Crippen LogP contribution is 2.38. The lowest BCUT2D eigenvalue weighted by atomic mass is 10.0. The van der Waals surface area contributed by atoms with Crippen molar-refractivity contribution in [3.63, 3.8) is 0 Å². The van der Waals surface area contributed by atoms with E-state index in [0.717, 1.165) is 31.2 Å². The molecule has 0 saturated heterocycles. The Bertz CT molecular complexity index is 1250. The molecule has 0 amide bonds. The number of allylic oxidation sites excluding steroid dienone is 1. The first-order valence-electron chi connectivity index (χ1n) is 8.77. The van der Waals surface area contributed by atoms with Crippen molar-refractivity contribution in [2.24, 2.45) is 0 Å². The number of aromatic nitrogens is 2. The summed E-state index contributed by atoms with van der Waals surface area (Å²) >= 11 is 7.01. The zero-order valence-corrected chi connectivity index (χ0v) is 17.7. The van der Waals surface area contributed by atoms with Gasteiger partial charge < -0.3 is 5.32 Å². The average molecular weight is 499 g/mol. The van der Waals surface area contributed by atoms with Crippen molar-refractivity contribution in [3.8, 4) is 0 Å². The number of imidazole rings is 1. The van der Waals surface area contributed by atoms with Gasteiger partial charge in [0, 0.05) is 20.2 Å². The zero-order valence-electron chi connectivity index (χ0n) is 14.5. The minimum Gasteiger partial charge on any atom is -0.325 e. The van der Waals surface area contributed by atoms with Crippen LogP contribution in [-0.4, -0.2) is 9.55 Å². The Kier molecular flexibility index (Phi) is 4.33. The Morgan fingerprint density at radius 1 is 0.929 bits per heavy atom. The summed E-state index contributed by atoms with van der Waals surface area (Å²) in [7, 11) is 0. The Morgan fingerprint density at radius 2 is 1.75 bits per heavy atom. The van der Waals surface area contributed by atoms with E-state index in [1.54, 1.807) is 6.07 Å². The molecular weight excluding hydrogens is 485 g/mol. The van der Waals surface area contributed by atoms with Gasteiger partial charge in [-0.3, -0.25) is 4.57 Å². The van der Waals surface area contributed by atoms with E-state index in [4.69, 9.17) is 4.98 Å². The quantitative estimate of drug-likeness (QED) is 0.331. The number of hydrogen-bond acceptors (Lipinski definition) is 2. The lowest BCUT2D eigenvalue weighted by molar-refractivity contribution is 0.583. The first-order chi connectivity index (χ1) is 13.6. The summed E-state index contributed by atoms with van der Waals surface area (Å²) in [5, 5.41) is 3.42. The van der Waals surface area contributed by atoms with E-state index in [-0.39, 0.29) is 11.9 Å². The summed E-state index contributed by atoms with van der Waals surface area (Å²) in [5.74, 6) is 0.451. The van der Waals surface area contributed by atoms with Gasteiger partial charge in [-0.25, -0.2) is 9.37 Å². The highest BCUT2D eigenvalue weighted by atomic mass is 79.9. The van der Waals surface area contributed by atoms with Gasteiger partial charge in [0.2, 0.25) is 5.95 Å². The second-order valence-corrected chi connectivity index (χ2v) is 8.45. The molecule has 0 fully saturated rings. The molecule has 1 aliphatic heterocycles. The molecule has 2 heterocycles. The molecule has 0 unspecified atom stereocenters. The molecule has 1 N–H and O–H groups in total. The maximum Gasteiger partial charge on any atom is 0.209 e. The second-order valence-electron chi connectivity index (χ2n) is 6.62. The van der Waals surface area contributed by atoms with E-state index in [1.807, 2.05) is 65.2 Å². The van der Waals surface area contributed by atoms with Crippen LogP contribution < -0.4 is 5.32 Å². The Balaban J connectivity index is 1.76. The highest BCUT2D eigenvalue weighted by Gasteiger charge is 2.27. The molecule has 0 aliphatic carbocycles. The third-order valence-corrected chi connectivity index (χ3v) is 5.84. The molecule has 0 radical (unpaired) electrons. The van der Waals surface area contributed by atoms with Gasteiger partial charge >= 0.3 is 0 Å². The van der Waals surface area contributed by atoms with Gasteiger partial charge in [0.15, 0.2) is 0 Å². The zero-order chi connectivity index (χ0) is 19.3. The molecule has 5 rings (SSSR count). The van der Waals surface area contributed by atoms with E-state index >= 15 is 0 Å². The summed E-state index contributed by atoms with van der Waals surface area (Å²) < 4.78 is 18.7. The molecule has 138 valence electrons. The van der Waals surface area contributed by atoms with Crippen molar-refractivity contribution < 1.29 is 4.39 Å². The van der Waals surface area contributed by atoms with Crippen LogP contribution in [-0.2, 0) is 0 Å². The number of rotatable bonds is 2. The summed E-state index contributed by atoms with van der Waals surface area (Å²) in [6, 6.07) is 20.6. The van der Waals surface area contributed by atoms with E-state index in [0.29, 0.717) is 11.5 Å². The van der Waals surface area contributed by atoms with Crippen molar-refractivity contribution in [2.75, 3.05) is 5.32 Å². The molecule has 1 atom stereocenters. The normalized spacial score (nSPS) is 15.8. The maximum atomic E-state index is 14.8. The first-order valence-corrected chi connectivity index (χ1v) is 10.4. The van der Waals surface area contributed by atoms with E-state index in [2.05, 4.69) is 37.2 Å². The van der Waals surface area contributed by atoms with Gasteiger partial charge in [-0.05, 0) is 54.1 Å². The monoisotopic (exact) mass is 497 g/mol. The number of halogens is 3. The lowest BCUT2D eigenvalue weighted by Gasteiger charge is -2.27. The van der Waals surface area contributed by atoms with Crippen LogP contribution >= 0.6 is 31.9 Å². The smallest absolute Gasteiger partial charge is 0.209 e. The minimum absolute atomic E-state index is 0.247. The van der Waals surface area contributed by atoms with Crippen LogP contribution in [0.15, 0.2) is 81.8 Å². The summed E-state index contributed by atoms with van der Waals surface area (Å²) in [4.78, 5) is 4.74. The van der Waals surface area contributed by atoms with E-state index < -0.39 is 0 Å². The van der Waals surface area contributed by atoms with Gasteiger partial charge in [-0.2, -0.15) is 0 Å². The molecule has 0 bridgehead atoms. The first kappa shape index (κ1) is 17.6. The maximum absolute atomic E-state index is 14.8. The van der Waals surface area contributed by atoms with Crippen molar-refractivity contribution in [1.29, 1.82) is 0 Å². The Hall–Kier alpha value is -2.44. The molecule has 1 aliphatic rings. The average Bonchev–Trinajstić information content (AvgIpc) is 3.08. The van der Waals surface area contributed by atoms with E-state index in [1.165, 1.54) is 6.07 Å². The molecule has 0 spiro atoms. The third kappa shape index (κ3) is 2.97. The Morgan fingerprint density at radius 3 is 2.61 bits per heavy atom. The van der Waals surface area contributed by atoms with Crippen LogP contribution in [0.1, 0.15) is 17.2 Å². The van der Waals surface area contributed by atoms with Crippen LogP contribution in [0, 0.1) is 5.82 Å². The number of fused-ring (bicyclic) bond motifs is 3. The summed E-state index contributed by atoms with van der Waals surface area (Å²) in [5.41, 5.74) is 4.32. The molecular formula is C22H14Br2FN3. The minimum atomic E-state index is -0.324. The highest BCUT2D eigenvalue weighted by molar-refractivity contribution is 9.10. The fraction of sp³-hybridized carbons (Fsp3) is 0.0455. The van der Waals surface area contributed by atoms with Crippen molar-refractivity contribution in [2.45, 2.75) is 6.04 Å². The summed E-state index contributed by atoms with van der Waals surface area (Å²) in [6.07, 6.45) is 2.05. The van der Waals surface area contributed by atoms with Crippen LogP contribution in [0.5, 0.6) is 0 Å². The number of hydrogen-bond donors (Lipinski definition) is 1. The largest absolute Gasteiger partial charge is 0.325 e. The predicted octanol–water partition coefficient (Wildman–Crippen LogP) is 6.76. The SMILES string of the molecule is Fc1ccc(Br)cc1[C@@H]1C=C(c2cccc(Br)c2)Nc2nc3ccccc3n21. The molecule has 28 heavy (non-hydrogen) atoms. The standard InChI is InChI=1S/C22H14Br2FN3/c23-14-5-3-4-13(10-14)19-12-21(16-11-15(24)8-9-17(16)25)28-20-7-2-1-6-18(20)26-22(28)27-19/h1-12,21H,(H,26,27)/t21-/m0/s1. The van der Waals surface area contributed by atoms with Crippen molar-refractivity contribution in [3.05, 3.63) is 98.7 Å². The fourth-order valence-corrected chi connectivity index (χ4v) is 4.38. The van der Waals surface area contributed by atoms with Gasteiger partial charge in [0.1, 0.15) is 5.82 Å². The van der Waals surface area contributed by atoms with Crippen LogP contribution in [0.3, 0.4) is 0 Å². The Labute approximate surface area is 178 Å². The molecule has 3 nitrogen and oxygen atoms in total. The predicted molar refractivity (Wildman–Crippen MR) is 118 cm³/mol. The molecule has 3 aromatic carbocycles. The number of anilines is 1. The molecule has 0 saturated carbocycles. The number of benzene rings is 3. The molecule has 4 aromatic rings. The molecule has 6 heteroatoms. The topological polar surface area (TPSA) is 29.9 Å². The van der Waals surface area contributed by atoms with Crippen LogP contribution in [0.4, 0.5) is 10.3 Å². The van der Waals surface area contributed by atoms with Gasteiger partial charge in [0.25, 0.3) is 0 Å². The number of nitrogens with zero attached hydrogens (tertiary/aromatic N) is 2. The fourth-order valence-electron chi connectivity index (χ4n) is 3.60. The van der Waals surface area contributed by atoms with Gasteiger partial charge in [0.05, 0.1) is 17.1 Å². The van der Waals surface area contributed by atoms with E-state index in [9.17, 15) is 4.39 Å². The van der Waals surface area contributed by atoms with Crippen molar-refractivity contribution >= 4 is 54.5 Å². The lowest BCUT2D eigenvalue weighted by Crippen LogP contribution is -2.20. The number of para-hydroxylation sites is 2. The van der Waals surface area contributed by atoms with Crippen LogP contribution in [0.25, 0.3) is 16.7 Å². The van der Waals surface area contributed by atoms with Gasteiger partial charge in [-0.15, -0.1) is 0 Å². The van der Waals surface area contributed by atoms with Gasteiger partial charge in [-0.1, -0.05) is 56.1 Å².